The zero-order valence-corrected chi connectivity index (χ0v) is 11.2. The summed E-state index contributed by atoms with van der Waals surface area (Å²) < 4.78 is 3.05. The number of carbonyl (C=O) groups is 1. The van der Waals surface area contributed by atoms with Gasteiger partial charge in [0.1, 0.15) is 0 Å². The molecule has 0 radical (unpaired) electrons. The number of rotatable bonds is 5. The van der Waals surface area contributed by atoms with E-state index in [1.807, 2.05) is 32.0 Å². The first-order chi connectivity index (χ1) is 7.15. The van der Waals surface area contributed by atoms with Crippen LogP contribution in [0.3, 0.4) is 0 Å². The first-order valence-corrected chi connectivity index (χ1v) is 6.17. The molecule has 1 N–H and O–H groups in total. The molecule has 0 heterocycles. The molecule has 0 aliphatic rings. The number of Topliss-reactive ketones (excluding diaryl/α,β-unsaturated/α-hetero) is 1. The highest BCUT2D eigenvalue weighted by molar-refractivity contribution is 14.1. The summed E-state index contributed by atoms with van der Waals surface area (Å²) in [6, 6.07) is 10.0. The molecule has 1 rings (SSSR count). The smallest absolute Gasteiger partial charge is 0.153 e. The number of ketones is 1. The van der Waals surface area contributed by atoms with Gasteiger partial charge in [-0.1, -0.05) is 44.2 Å². The molecule has 0 saturated heterocycles. The van der Waals surface area contributed by atoms with E-state index in [-0.39, 0.29) is 17.7 Å². The van der Waals surface area contributed by atoms with E-state index in [0.717, 1.165) is 6.42 Å². The third-order valence-corrected chi connectivity index (χ3v) is 3.08. The molecule has 15 heavy (non-hydrogen) atoms. The summed E-state index contributed by atoms with van der Waals surface area (Å²) in [7, 11) is 0. The molecule has 1 aromatic rings. The number of benzene rings is 1. The second-order valence-electron chi connectivity index (χ2n) is 3.91. The Labute approximate surface area is 105 Å². The molecule has 0 fully saturated rings. The summed E-state index contributed by atoms with van der Waals surface area (Å²) in [4.78, 5) is 11.8. The van der Waals surface area contributed by atoms with E-state index in [4.69, 9.17) is 0 Å². The van der Waals surface area contributed by atoms with Crippen molar-refractivity contribution in [2.75, 3.05) is 0 Å². The topological polar surface area (TPSA) is 29.1 Å². The van der Waals surface area contributed by atoms with E-state index in [1.165, 1.54) is 5.56 Å². The van der Waals surface area contributed by atoms with Gasteiger partial charge >= 0.3 is 0 Å². The van der Waals surface area contributed by atoms with Crippen LogP contribution in [-0.2, 0) is 11.2 Å². The Morgan fingerprint density at radius 3 is 2.40 bits per heavy atom. The normalized spacial score (nSPS) is 12.8. The molecule has 0 spiro atoms. The SMILES string of the molecule is CC(C)C(=O)C(Cc1ccccc1)NI. The van der Waals surface area contributed by atoms with Gasteiger partial charge in [-0.2, -0.15) is 0 Å². The summed E-state index contributed by atoms with van der Waals surface area (Å²) in [5.74, 6) is 0.356. The van der Waals surface area contributed by atoms with Gasteiger partial charge in [-0.3, -0.25) is 8.32 Å². The lowest BCUT2D eigenvalue weighted by atomic mass is 9.97. The fraction of sp³-hybridized carbons (Fsp3) is 0.417. The average molecular weight is 317 g/mol. The molecule has 0 amide bonds. The molecule has 1 aromatic carbocycles. The molecule has 1 atom stereocenters. The first kappa shape index (κ1) is 12.6. The molecule has 0 aliphatic carbocycles. The molecule has 0 aliphatic heterocycles. The minimum absolute atomic E-state index is 0.0759. The summed E-state index contributed by atoms with van der Waals surface area (Å²) in [6.45, 7) is 3.88. The van der Waals surface area contributed by atoms with Gasteiger partial charge in [0.25, 0.3) is 0 Å². The molecule has 0 aromatic heterocycles. The maximum atomic E-state index is 11.8. The standard InChI is InChI=1S/C12H16INO/c1-9(2)12(15)11(14-13)8-10-6-4-3-5-7-10/h3-7,9,11,14H,8H2,1-2H3. The Balaban J connectivity index is 2.66. The summed E-state index contributed by atoms with van der Waals surface area (Å²) in [5.41, 5.74) is 1.20. The van der Waals surface area contributed by atoms with E-state index in [0.29, 0.717) is 0 Å². The lowest BCUT2D eigenvalue weighted by Crippen LogP contribution is -2.35. The highest BCUT2D eigenvalue weighted by Crippen LogP contribution is 2.09. The predicted octanol–water partition coefficient (Wildman–Crippen LogP) is 2.76. The Morgan fingerprint density at radius 2 is 1.93 bits per heavy atom. The van der Waals surface area contributed by atoms with Crippen LogP contribution < -0.4 is 3.53 Å². The minimum atomic E-state index is -0.0759. The average Bonchev–Trinajstić information content (AvgIpc) is 2.26. The Morgan fingerprint density at radius 1 is 1.33 bits per heavy atom. The van der Waals surface area contributed by atoms with Crippen LogP contribution in [0, 0.1) is 5.92 Å². The van der Waals surface area contributed by atoms with E-state index in [2.05, 4.69) is 38.5 Å². The van der Waals surface area contributed by atoms with Crippen molar-refractivity contribution in [2.24, 2.45) is 5.92 Å². The maximum absolute atomic E-state index is 11.8. The van der Waals surface area contributed by atoms with Crippen LogP contribution >= 0.6 is 22.9 Å². The lowest BCUT2D eigenvalue weighted by Gasteiger charge is -2.16. The number of nitrogens with one attached hydrogen (secondary N) is 1. The fourth-order valence-electron chi connectivity index (χ4n) is 1.45. The molecule has 3 heteroatoms. The quantitative estimate of drug-likeness (QED) is 0.668. The van der Waals surface area contributed by atoms with Crippen LogP contribution in [-0.4, -0.2) is 11.8 Å². The van der Waals surface area contributed by atoms with E-state index in [9.17, 15) is 4.79 Å². The van der Waals surface area contributed by atoms with Gasteiger partial charge in [-0.15, -0.1) is 0 Å². The number of hydrogen-bond acceptors (Lipinski definition) is 2. The predicted molar refractivity (Wildman–Crippen MR) is 70.9 cm³/mol. The molecule has 2 nitrogen and oxygen atoms in total. The second kappa shape index (κ2) is 6.23. The molecule has 1 unspecified atom stereocenters. The summed E-state index contributed by atoms with van der Waals surface area (Å²) in [6.07, 6.45) is 0.765. The van der Waals surface area contributed by atoms with Crippen molar-refractivity contribution in [3.63, 3.8) is 0 Å². The van der Waals surface area contributed by atoms with Gasteiger partial charge in [0.15, 0.2) is 5.78 Å². The van der Waals surface area contributed by atoms with Crippen LogP contribution in [0.25, 0.3) is 0 Å². The summed E-state index contributed by atoms with van der Waals surface area (Å²) >= 11 is 2.05. The van der Waals surface area contributed by atoms with Crippen molar-refractivity contribution < 1.29 is 4.79 Å². The minimum Gasteiger partial charge on any atom is -0.298 e. The van der Waals surface area contributed by atoms with E-state index >= 15 is 0 Å². The maximum Gasteiger partial charge on any atom is 0.153 e. The molecule has 0 bridgehead atoms. The van der Waals surface area contributed by atoms with Gasteiger partial charge < -0.3 is 0 Å². The number of hydrogen-bond donors (Lipinski definition) is 1. The van der Waals surface area contributed by atoms with Crippen molar-refractivity contribution in [3.05, 3.63) is 35.9 Å². The molecule has 0 saturated carbocycles. The monoisotopic (exact) mass is 317 g/mol. The van der Waals surface area contributed by atoms with Gasteiger partial charge in [0, 0.05) is 28.8 Å². The molecular formula is C12H16INO. The largest absolute Gasteiger partial charge is 0.298 e. The van der Waals surface area contributed by atoms with Crippen LogP contribution in [0.4, 0.5) is 0 Å². The zero-order chi connectivity index (χ0) is 11.3. The lowest BCUT2D eigenvalue weighted by molar-refractivity contribution is -0.123. The highest BCUT2D eigenvalue weighted by Gasteiger charge is 2.19. The van der Waals surface area contributed by atoms with Crippen molar-refractivity contribution in [1.29, 1.82) is 0 Å². The zero-order valence-electron chi connectivity index (χ0n) is 9.03. The summed E-state index contributed by atoms with van der Waals surface area (Å²) in [5, 5.41) is 0. The van der Waals surface area contributed by atoms with E-state index in [1.54, 1.807) is 0 Å². The third kappa shape index (κ3) is 3.91. The van der Waals surface area contributed by atoms with Crippen LogP contribution in [0.15, 0.2) is 30.3 Å². The Bertz CT molecular complexity index is 311. The van der Waals surface area contributed by atoms with Crippen molar-refractivity contribution in [2.45, 2.75) is 26.3 Å². The fourth-order valence-corrected chi connectivity index (χ4v) is 1.97. The number of carbonyl (C=O) groups excluding carboxylic acids is 1. The van der Waals surface area contributed by atoms with Gasteiger partial charge in [0.2, 0.25) is 0 Å². The van der Waals surface area contributed by atoms with Crippen LogP contribution in [0.2, 0.25) is 0 Å². The molecule has 82 valence electrons. The van der Waals surface area contributed by atoms with Gasteiger partial charge in [-0.05, 0) is 12.0 Å². The van der Waals surface area contributed by atoms with E-state index < -0.39 is 0 Å². The van der Waals surface area contributed by atoms with Gasteiger partial charge in [0.05, 0.1) is 6.04 Å². The number of halogens is 1. The van der Waals surface area contributed by atoms with Crippen molar-refractivity contribution in [1.82, 2.24) is 3.53 Å². The molecular weight excluding hydrogens is 301 g/mol. The Kier molecular flexibility index (Phi) is 5.25. The second-order valence-corrected chi connectivity index (χ2v) is 4.53. The van der Waals surface area contributed by atoms with Crippen molar-refractivity contribution in [3.8, 4) is 0 Å². The van der Waals surface area contributed by atoms with Crippen molar-refractivity contribution >= 4 is 28.6 Å². The first-order valence-electron chi connectivity index (χ1n) is 5.09. The third-order valence-electron chi connectivity index (χ3n) is 2.33. The van der Waals surface area contributed by atoms with Crippen LogP contribution in [0.1, 0.15) is 19.4 Å². The van der Waals surface area contributed by atoms with Gasteiger partial charge in [-0.25, -0.2) is 0 Å². The highest BCUT2D eigenvalue weighted by atomic mass is 127. The Hall–Kier alpha value is -0.420. The van der Waals surface area contributed by atoms with Crippen LogP contribution in [0.5, 0.6) is 0 Å².